The Hall–Kier alpha value is -3.08. The maximum Gasteiger partial charge on any atom is 0.229 e. The summed E-state index contributed by atoms with van der Waals surface area (Å²) in [5, 5.41) is 6.66. The quantitative estimate of drug-likeness (QED) is 0.634. The Labute approximate surface area is 154 Å². The summed E-state index contributed by atoms with van der Waals surface area (Å²) in [7, 11) is 0. The lowest BCUT2D eigenvalue weighted by Crippen LogP contribution is -2.04. The van der Waals surface area contributed by atoms with Crippen LogP contribution in [0.3, 0.4) is 0 Å². The van der Waals surface area contributed by atoms with E-state index in [4.69, 9.17) is 4.74 Å². The van der Waals surface area contributed by atoms with Crippen LogP contribution in [0.25, 0.3) is 0 Å². The number of anilines is 4. The summed E-state index contributed by atoms with van der Waals surface area (Å²) < 4.78 is 5.66. The molecule has 0 fully saturated rings. The van der Waals surface area contributed by atoms with Gasteiger partial charge in [-0.2, -0.15) is 4.98 Å². The molecule has 26 heavy (non-hydrogen) atoms. The van der Waals surface area contributed by atoms with E-state index < -0.39 is 0 Å². The van der Waals surface area contributed by atoms with Crippen LogP contribution in [0.4, 0.5) is 23.1 Å². The maximum absolute atomic E-state index is 5.66. The summed E-state index contributed by atoms with van der Waals surface area (Å²) in [5.74, 6) is 2.07. The van der Waals surface area contributed by atoms with Crippen LogP contribution in [-0.4, -0.2) is 16.6 Å². The molecule has 3 aromatic rings. The van der Waals surface area contributed by atoms with Gasteiger partial charge in [-0.05, 0) is 57.0 Å². The van der Waals surface area contributed by atoms with E-state index >= 15 is 0 Å². The van der Waals surface area contributed by atoms with Gasteiger partial charge in [0.15, 0.2) is 0 Å². The second-order valence-corrected chi connectivity index (χ2v) is 6.22. The molecule has 0 aliphatic heterocycles. The Kier molecular flexibility index (Phi) is 5.37. The van der Waals surface area contributed by atoms with Crippen LogP contribution in [0.2, 0.25) is 0 Å². The molecule has 0 aliphatic carbocycles. The Bertz CT molecular complexity index is 908. The van der Waals surface area contributed by atoms with Gasteiger partial charge in [0.1, 0.15) is 11.6 Å². The first-order chi connectivity index (χ1) is 12.5. The zero-order chi connectivity index (χ0) is 18.5. The fraction of sp³-hybridized carbons (Fsp3) is 0.238. The van der Waals surface area contributed by atoms with Crippen LogP contribution in [-0.2, 0) is 0 Å². The van der Waals surface area contributed by atoms with Crippen LogP contribution in [0.1, 0.15) is 23.7 Å². The predicted octanol–water partition coefficient (Wildman–Crippen LogP) is 5.29. The standard InChI is InChI=1S/C21H24N4O/c1-5-26-19-9-7-6-8-17(19)24-21-22-16(4)13-20(25-21)23-18-12-14(2)10-11-15(18)3/h6-13H,5H2,1-4H3,(H2,22,23,24,25). The largest absolute Gasteiger partial charge is 0.492 e. The molecule has 0 radical (unpaired) electrons. The molecule has 5 nitrogen and oxygen atoms in total. The van der Waals surface area contributed by atoms with Gasteiger partial charge in [0.25, 0.3) is 0 Å². The van der Waals surface area contributed by atoms with E-state index in [2.05, 4.69) is 52.6 Å². The van der Waals surface area contributed by atoms with Gasteiger partial charge in [-0.25, -0.2) is 4.98 Å². The third-order valence-electron chi connectivity index (χ3n) is 3.94. The normalized spacial score (nSPS) is 10.5. The van der Waals surface area contributed by atoms with Gasteiger partial charge >= 0.3 is 0 Å². The average molecular weight is 348 g/mol. The number of hydrogen-bond donors (Lipinski definition) is 2. The molecule has 3 rings (SSSR count). The fourth-order valence-electron chi connectivity index (χ4n) is 2.67. The lowest BCUT2D eigenvalue weighted by molar-refractivity contribution is 0.342. The molecule has 2 N–H and O–H groups in total. The molecule has 0 aliphatic rings. The van der Waals surface area contributed by atoms with Crippen molar-refractivity contribution in [3.63, 3.8) is 0 Å². The topological polar surface area (TPSA) is 59.1 Å². The van der Waals surface area contributed by atoms with E-state index in [0.29, 0.717) is 12.6 Å². The van der Waals surface area contributed by atoms with Crippen LogP contribution in [0.5, 0.6) is 5.75 Å². The van der Waals surface area contributed by atoms with Crippen molar-refractivity contribution in [2.45, 2.75) is 27.7 Å². The minimum atomic E-state index is 0.532. The maximum atomic E-state index is 5.66. The van der Waals surface area contributed by atoms with Crippen molar-refractivity contribution in [3.05, 3.63) is 65.4 Å². The van der Waals surface area contributed by atoms with Gasteiger partial charge in [0.05, 0.1) is 12.3 Å². The summed E-state index contributed by atoms with van der Waals surface area (Å²) in [4.78, 5) is 9.10. The minimum absolute atomic E-state index is 0.532. The van der Waals surface area contributed by atoms with E-state index in [9.17, 15) is 0 Å². The number of aryl methyl sites for hydroxylation is 3. The van der Waals surface area contributed by atoms with Crippen molar-refractivity contribution in [1.29, 1.82) is 0 Å². The molecule has 2 aromatic carbocycles. The lowest BCUT2D eigenvalue weighted by atomic mass is 10.1. The van der Waals surface area contributed by atoms with E-state index in [-0.39, 0.29) is 0 Å². The van der Waals surface area contributed by atoms with Gasteiger partial charge in [-0.15, -0.1) is 0 Å². The average Bonchev–Trinajstić information content (AvgIpc) is 2.60. The summed E-state index contributed by atoms with van der Waals surface area (Å²) >= 11 is 0. The summed E-state index contributed by atoms with van der Waals surface area (Å²) in [6, 6.07) is 16.0. The van der Waals surface area contributed by atoms with E-state index in [0.717, 1.165) is 28.6 Å². The molecule has 0 spiro atoms. The monoisotopic (exact) mass is 348 g/mol. The molecule has 0 atom stereocenters. The number of benzene rings is 2. The SMILES string of the molecule is CCOc1ccccc1Nc1nc(C)cc(Nc2cc(C)ccc2C)n1. The molecular formula is C21H24N4O. The van der Waals surface area contributed by atoms with Crippen LogP contribution < -0.4 is 15.4 Å². The summed E-state index contributed by atoms with van der Waals surface area (Å²) in [6.07, 6.45) is 0. The molecule has 0 unspecified atom stereocenters. The third kappa shape index (κ3) is 4.30. The first-order valence-electron chi connectivity index (χ1n) is 8.74. The number of rotatable bonds is 6. The number of nitrogens with zero attached hydrogens (tertiary/aromatic N) is 2. The first-order valence-corrected chi connectivity index (χ1v) is 8.74. The molecular weight excluding hydrogens is 324 g/mol. The number of ether oxygens (including phenoxy) is 1. The Morgan fingerprint density at radius 1 is 0.885 bits per heavy atom. The van der Waals surface area contributed by atoms with Gasteiger partial charge in [-0.3, -0.25) is 0 Å². The lowest BCUT2D eigenvalue weighted by Gasteiger charge is -2.14. The molecule has 0 saturated carbocycles. The molecule has 1 aromatic heterocycles. The van der Waals surface area contributed by atoms with E-state index in [1.807, 2.05) is 44.2 Å². The third-order valence-corrected chi connectivity index (χ3v) is 3.94. The summed E-state index contributed by atoms with van der Waals surface area (Å²) in [5.41, 5.74) is 5.14. The smallest absolute Gasteiger partial charge is 0.229 e. The molecule has 5 heteroatoms. The van der Waals surface area contributed by atoms with E-state index in [1.54, 1.807) is 0 Å². The Morgan fingerprint density at radius 2 is 1.69 bits per heavy atom. The zero-order valence-corrected chi connectivity index (χ0v) is 15.6. The minimum Gasteiger partial charge on any atom is -0.492 e. The second-order valence-electron chi connectivity index (χ2n) is 6.22. The Morgan fingerprint density at radius 3 is 2.50 bits per heavy atom. The highest BCUT2D eigenvalue weighted by Gasteiger charge is 2.08. The molecule has 1 heterocycles. The molecule has 0 amide bonds. The van der Waals surface area contributed by atoms with Gasteiger partial charge in [0, 0.05) is 17.4 Å². The highest BCUT2D eigenvalue weighted by molar-refractivity contribution is 5.65. The Balaban J connectivity index is 1.87. The second kappa shape index (κ2) is 7.87. The van der Waals surface area contributed by atoms with Crippen molar-refractivity contribution >= 4 is 23.1 Å². The van der Waals surface area contributed by atoms with Gasteiger partial charge in [0.2, 0.25) is 5.95 Å². The van der Waals surface area contributed by atoms with Crippen molar-refractivity contribution in [1.82, 2.24) is 9.97 Å². The first kappa shape index (κ1) is 17.7. The summed E-state index contributed by atoms with van der Waals surface area (Å²) in [6.45, 7) is 8.68. The predicted molar refractivity (Wildman–Crippen MR) is 107 cm³/mol. The highest BCUT2D eigenvalue weighted by atomic mass is 16.5. The van der Waals surface area contributed by atoms with Crippen LogP contribution in [0, 0.1) is 20.8 Å². The van der Waals surface area contributed by atoms with Gasteiger partial charge < -0.3 is 15.4 Å². The zero-order valence-electron chi connectivity index (χ0n) is 15.6. The van der Waals surface area contributed by atoms with E-state index in [1.165, 1.54) is 11.1 Å². The van der Waals surface area contributed by atoms with Crippen molar-refractivity contribution in [3.8, 4) is 5.75 Å². The number of para-hydroxylation sites is 2. The van der Waals surface area contributed by atoms with Crippen LogP contribution in [0.15, 0.2) is 48.5 Å². The van der Waals surface area contributed by atoms with Crippen LogP contribution >= 0.6 is 0 Å². The van der Waals surface area contributed by atoms with Crippen molar-refractivity contribution < 1.29 is 4.74 Å². The van der Waals surface area contributed by atoms with Crippen molar-refractivity contribution in [2.75, 3.05) is 17.2 Å². The molecule has 0 saturated heterocycles. The van der Waals surface area contributed by atoms with Crippen molar-refractivity contribution in [2.24, 2.45) is 0 Å². The molecule has 0 bridgehead atoms. The highest BCUT2D eigenvalue weighted by Crippen LogP contribution is 2.27. The fourth-order valence-corrected chi connectivity index (χ4v) is 2.67. The number of hydrogen-bond acceptors (Lipinski definition) is 5. The number of nitrogens with one attached hydrogen (secondary N) is 2. The molecule has 134 valence electrons. The number of aromatic nitrogens is 2. The van der Waals surface area contributed by atoms with Gasteiger partial charge in [-0.1, -0.05) is 24.3 Å².